The highest BCUT2D eigenvalue weighted by atomic mass is 16.3. The molecular formula is C15H14O2. The van der Waals surface area contributed by atoms with Crippen LogP contribution >= 0.6 is 0 Å². The van der Waals surface area contributed by atoms with Gasteiger partial charge in [-0.3, -0.25) is 0 Å². The molecule has 2 rings (SSSR count). The maximum absolute atomic E-state index is 10.1. The van der Waals surface area contributed by atoms with E-state index in [0.717, 1.165) is 5.56 Å². The molecule has 2 N–H and O–H groups in total. The molecule has 2 aromatic rings. The lowest BCUT2D eigenvalue weighted by Gasteiger charge is -2.10. The fraction of sp³-hybridized carbons (Fsp3) is 0.0667. The second-order valence-corrected chi connectivity index (χ2v) is 3.82. The number of hydrogen-bond acceptors (Lipinski definition) is 2. The van der Waals surface area contributed by atoms with Crippen molar-refractivity contribution in [3.05, 3.63) is 60.7 Å². The predicted molar refractivity (Wildman–Crippen MR) is 69.1 cm³/mol. The SMILES string of the molecule is C=CCc1cccc(-c2ccccc2O)c1O. The van der Waals surface area contributed by atoms with Crippen molar-refractivity contribution in [2.45, 2.75) is 6.42 Å². The van der Waals surface area contributed by atoms with Crippen molar-refractivity contribution < 1.29 is 10.2 Å². The van der Waals surface area contributed by atoms with E-state index in [1.807, 2.05) is 18.2 Å². The summed E-state index contributed by atoms with van der Waals surface area (Å²) < 4.78 is 0. The number of rotatable bonds is 3. The molecule has 0 spiro atoms. The maximum Gasteiger partial charge on any atom is 0.127 e. The van der Waals surface area contributed by atoms with E-state index in [1.54, 1.807) is 30.3 Å². The number of para-hydroxylation sites is 2. The van der Waals surface area contributed by atoms with Crippen LogP contribution in [0.3, 0.4) is 0 Å². The van der Waals surface area contributed by atoms with Crippen molar-refractivity contribution >= 4 is 0 Å². The van der Waals surface area contributed by atoms with Gasteiger partial charge in [0.05, 0.1) is 0 Å². The lowest BCUT2D eigenvalue weighted by molar-refractivity contribution is 0.466. The highest BCUT2D eigenvalue weighted by Gasteiger charge is 2.10. The van der Waals surface area contributed by atoms with E-state index in [4.69, 9.17) is 0 Å². The second kappa shape index (κ2) is 4.74. The van der Waals surface area contributed by atoms with Gasteiger partial charge >= 0.3 is 0 Å². The van der Waals surface area contributed by atoms with E-state index in [1.165, 1.54) is 0 Å². The molecule has 0 radical (unpaired) electrons. The molecule has 86 valence electrons. The van der Waals surface area contributed by atoms with Crippen LogP contribution in [0.4, 0.5) is 0 Å². The van der Waals surface area contributed by atoms with Crippen LogP contribution in [0, 0.1) is 0 Å². The van der Waals surface area contributed by atoms with Crippen LogP contribution in [-0.4, -0.2) is 10.2 Å². The standard InChI is InChI=1S/C15H14O2/c1-2-6-11-7-5-9-13(15(11)17)12-8-3-4-10-14(12)16/h2-5,7-10,16-17H,1,6H2. The summed E-state index contributed by atoms with van der Waals surface area (Å²) in [5.41, 5.74) is 2.08. The molecular weight excluding hydrogens is 212 g/mol. The van der Waals surface area contributed by atoms with Crippen LogP contribution in [0.5, 0.6) is 11.5 Å². The normalized spacial score (nSPS) is 10.1. The average molecular weight is 226 g/mol. The van der Waals surface area contributed by atoms with E-state index in [2.05, 4.69) is 6.58 Å². The molecule has 2 aromatic carbocycles. The van der Waals surface area contributed by atoms with Crippen LogP contribution < -0.4 is 0 Å². The summed E-state index contributed by atoms with van der Waals surface area (Å²) >= 11 is 0. The number of aromatic hydroxyl groups is 2. The van der Waals surface area contributed by atoms with Gasteiger partial charge < -0.3 is 10.2 Å². The van der Waals surface area contributed by atoms with Gasteiger partial charge in [0.1, 0.15) is 11.5 Å². The molecule has 0 saturated carbocycles. The minimum absolute atomic E-state index is 0.165. The molecule has 0 aliphatic rings. The quantitative estimate of drug-likeness (QED) is 0.786. The van der Waals surface area contributed by atoms with Crippen molar-refractivity contribution in [1.82, 2.24) is 0 Å². The number of hydrogen-bond donors (Lipinski definition) is 2. The van der Waals surface area contributed by atoms with Gasteiger partial charge in [-0.05, 0) is 18.1 Å². The van der Waals surface area contributed by atoms with Gasteiger partial charge in [0.2, 0.25) is 0 Å². The lowest BCUT2D eigenvalue weighted by Crippen LogP contribution is -1.86. The Balaban J connectivity index is 2.57. The van der Waals surface area contributed by atoms with Gasteiger partial charge in [-0.15, -0.1) is 6.58 Å². The molecule has 0 aliphatic heterocycles. The first-order valence-corrected chi connectivity index (χ1v) is 5.44. The summed E-state index contributed by atoms with van der Waals surface area (Å²) in [4.78, 5) is 0. The summed E-state index contributed by atoms with van der Waals surface area (Å²) in [5, 5.41) is 19.9. The first-order chi connectivity index (χ1) is 8.24. The van der Waals surface area contributed by atoms with Crippen molar-refractivity contribution in [1.29, 1.82) is 0 Å². The fourth-order valence-corrected chi connectivity index (χ4v) is 1.83. The molecule has 0 amide bonds. The molecule has 0 fully saturated rings. The number of benzene rings is 2. The summed E-state index contributed by atoms with van der Waals surface area (Å²) in [6, 6.07) is 12.5. The highest BCUT2D eigenvalue weighted by molar-refractivity contribution is 5.76. The lowest BCUT2D eigenvalue weighted by atomic mass is 9.99. The van der Waals surface area contributed by atoms with Gasteiger partial charge in [0.25, 0.3) is 0 Å². The minimum Gasteiger partial charge on any atom is -0.507 e. The first-order valence-electron chi connectivity index (χ1n) is 5.44. The number of phenolic OH excluding ortho intramolecular Hbond substituents is 2. The van der Waals surface area contributed by atoms with Gasteiger partial charge in [0, 0.05) is 11.1 Å². The van der Waals surface area contributed by atoms with Crippen molar-refractivity contribution in [3.63, 3.8) is 0 Å². The Labute approximate surface area is 100 Å². The van der Waals surface area contributed by atoms with Gasteiger partial charge in [-0.25, -0.2) is 0 Å². The van der Waals surface area contributed by atoms with Gasteiger partial charge in [-0.1, -0.05) is 42.5 Å². The maximum atomic E-state index is 10.1. The summed E-state index contributed by atoms with van der Waals surface area (Å²) in [6.45, 7) is 3.66. The van der Waals surface area contributed by atoms with E-state index in [9.17, 15) is 10.2 Å². The monoisotopic (exact) mass is 226 g/mol. The largest absolute Gasteiger partial charge is 0.507 e. The second-order valence-electron chi connectivity index (χ2n) is 3.82. The zero-order valence-corrected chi connectivity index (χ0v) is 9.43. The number of allylic oxidation sites excluding steroid dienone is 1. The van der Waals surface area contributed by atoms with Crippen molar-refractivity contribution in [2.24, 2.45) is 0 Å². The molecule has 17 heavy (non-hydrogen) atoms. The Hall–Kier alpha value is -2.22. The van der Waals surface area contributed by atoms with Crippen LogP contribution in [0.25, 0.3) is 11.1 Å². The Morgan fingerprint density at radius 3 is 2.35 bits per heavy atom. The Bertz CT molecular complexity index is 544. The Kier molecular flexibility index (Phi) is 3.15. The van der Waals surface area contributed by atoms with Crippen molar-refractivity contribution in [2.75, 3.05) is 0 Å². The van der Waals surface area contributed by atoms with E-state index < -0.39 is 0 Å². The third-order valence-electron chi connectivity index (χ3n) is 2.68. The predicted octanol–water partition coefficient (Wildman–Crippen LogP) is 3.49. The molecule has 0 heterocycles. The molecule has 0 atom stereocenters. The molecule has 0 aliphatic carbocycles. The average Bonchev–Trinajstić information content (AvgIpc) is 2.33. The molecule has 2 nitrogen and oxygen atoms in total. The van der Waals surface area contributed by atoms with Gasteiger partial charge in [-0.2, -0.15) is 0 Å². The van der Waals surface area contributed by atoms with Crippen LogP contribution in [0.1, 0.15) is 5.56 Å². The Morgan fingerprint density at radius 1 is 0.941 bits per heavy atom. The van der Waals surface area contributed by atoms with Crippen LogP contribution in [0.2, 0.25) is 0 Å². The zero-order chi connectivity index (χ0) is 12.3. The molecule has 0 bridgehead atoms. The molecule has 0 aromatic heterocycles. The van der Waals surface area contributed by atoms with Crippen molar-refractivity contribution in [3.8, 4) is 22.6 Å². The first kappa shape index (κ1) is 11.3. The van der Waals surface area contributed by atoms with E-state index in [-0.39, 0.29) is 11.5 Å². The summed E-state index contributed by atoms with van der Waals surface area (Å²) in [5.74, 6) is 0.368. The smallest absolute Gasteiger partial charge is 0.127 e. The summed E-state index contributed by atoms with van der Waals surface area (Å²) in [6.07, 6.45) is 2.34. The van der Waals surface area contributed by atoms with Crippen LogP contribution in [0.15, 0.2) is 55.1 Å². The van der Waals surface area contributed by atoms with Crippen LogP contribution in [-0.2, 0) is 6.42 Å². The topological polar surface area (TPSA) is 40.5 Å². The molecule has 0 unspecified atom stereocenters. The summed E-state index contributed by atoms with van der Waals surface area (Å²) in [7, 11) is 0. The van der Waals surface area contributed by atoms with E-state index >= 15 is 0 Å². The fourth-order valence-electron chi connectivity index (χ4n) is 1.83. The van der Waals surface area contributed by atoms with Gasteiger partial charge in [0.15, 0.2) is 0 Å². The minimum atomic E-state index is 0.165. The highest BCUT2D eigenvalue weighted by Crippen LogP contribution is 2.37. The zero-order valence-electron chi connectivity index (χ0n) is 9.43. The number of phenols is 2. The van der Waals surface area contributed by atoms with E-state index in [0.29, 0.717) is 17.5 Å². The third-order valence-corrected chi connectivity index (χ3v) is 2.68. The Morgan fingerprint density at radius 2 is 1.65 bits per heavy atom. The molecule has 2 heteroatoms. The molecule has 0 saturated heterocycles. The third kappa shape index (κ3) is 2.16.